The Morgan fingerprint density at radius 2 is 2.21 bits per heavy atom. The van der Waals surface area contributed by atoms with Crippen LogP contribution in [0.4, 0.5) is 5.69 Å². The first-order valence-electron chi connectivity index (χ1n) is 3.99. The van der Waals surface area contributed by atoms with Gasteiger partial charge in [0.05, 0.1) is 16.7 Å². The summed E-state index contributed by atoms with van der Waals surface area (Å²) in [5.74, 6) is 0. The molecular formula is C8H10N2O4. The lowest BCUT2D eigenvalue weighted by Crippen LogP contribution is -2.15. The maximum absolute atomic E-state index is 10.4. The van der Waals surface area contributed by atoms with Crippen LogP contribution in [0.2, 0.25) is 0 Å². The summed E-state index contributed by atoms with van der Waals surface area (Å²) in [6.45, 7) is 1.38. The number of aliphatic hydroxyl groups excluding tert-OH is 2. The molecule has 0 amide bonds. The van der Waals surface area contributed by atoms with Gasteiger partial charge in [0.1, 0.15) is 6.10 Å². The van der Waals surface area contributed by atoms with Gasteiger partial charge >= 0.3 is 0 Å². The number of aliphatic hydroxyl groups is 2. The van der Waals surface area contributed by atoms with Crippen molar-refractivity contribution in [3.8, 4) is 0 Å². The first kappa shape index (κ1) is 10.6. The smallest absolute Gasteiger partial charge is 0.272 e. The summed E-state index contributed by atoms with van der Waals surface area (Å²) in [6.07, 6.45) is -0.988. The highest BCUT2D eigenvalue weighted by atomic mass is 16.6. The van der Waals surface area contributed by atoms with Crippen molar-refractivity contribution < 1.29 is 15.1 Å². The fourth-order valence-corrected chi connectivity index (χ4v) is 0.959. The van der Waals surface area contributed by atoms with Crippen molar-refractivity contribution in [2.24, 2.45) is 0 Å². The summed E-state index contributed by atoms with van der Waals surface area (Å²) in [5, 5.41) is 28.8. The Morgan fingerprint density at radius 1 is 1.57 bits per heavy atom. The summed E-state index contributed by atoms with van der Waals surface area (Å²) < 4.78 is 0. The van der Waals surface area contributed by atoms with Crippen molar-refractivity contribution >= 4 is 5.69 Å². The Hall–Kier alpha value is -1.53. The van der Waals surface area contributed by atoms with Gasteiger partial charge in [0, 0.05) is 18.3 Å². The molecule has 0 radical (unpaired) electrons. The zero-order valence-corrected chi connectivity index (χ0v) is 7.49. The molecule has 2 atom stereocenters. The van der Waals surface area contributed by atoms with Crippen LogP contribution in [0.25, 0.3) is 0 Å². The molecule has 76 valence electrons. The summed E-state index contributed by atoms with van der Waals surface area (Å²) in [6, 6.07) is 2.36. The van der Waals surface area contributed by atoms with Gasteiger partial charge in [-0.05, 0) is 6.92 Å². The minimum absolute atomic E-state index is 0.0919. The van der Waals surface area contributed by atoms with Gasteiger partial charge in [0.15, 0.2) is 0 Å². The molecule has 0 aliphatic heterocycles. The number of hydrogen-bond donors (Lipinski definition) is 2. The number of hydrogen-bond acceptors (Lipinski definition) is 5. The third-order valence-electron chi connectivity index (χ3n) is 1.74. The lowest BCUT2D eigenvalue weighted by Gasteiger charge is -2.11. The molecule has 0 aliphatic rings. The molecule has 2 N–H and O–H groups in total. The molecule has 0 aromatic carbocycles. The van der Waals surface area contributed by atoms with E-state index in [0.29, 0.717) is 0 Å². The van der Waals surface area contributed by atoms with Crippen molar-refractivity contribution in [1.82, 2.24) is 4.98 Å². The Morgan fingerprint density at radius 3 is 2.71 bits per heavy atom. The van der Waals surface area contributed by atoms with E-state index in [2.05, 4.69) is 4.98 Å². The van der Waals surface area contributed by atoms with Crippen molar-refractivity contribution in [3.05, 3.63) is 34.1 Å². The molecule has 0 bridgehead atoms. The van der Waals surface area contributed by atoms with Crippen molar-refractivity contribution in [1.29, 1.82) is 0 Å². The summed E-state index contributed by atoms with van der Waals surface area (Å²) in [5.41, 5.74) is -0.0658. The minimum atomic E-state index is -1.20. The molecule has 0 spiro atoms. The van der Waals surface area contributed by atoms with Crippen LogP contribution in [0.5, 0.6) is 0 Å². The second-order valence-corrected chi connectivity index (χ2v) is 2.88. The van der Waals surface area contributed by atoms with E-state index < -0.39 is 17.1 Å². The van der Waals surface area contributed by atoms with Gasteiger partial charge in [-0.3, -0.25) is 15.1 Å². The van der Waals surface area contributed by atoms with Crippen molar-refractivity contribution in [2.75, 3.05) is 0 Å². The molecule has 0 aliphatic carbocycles. The predicted octanol–water partition coefficient (Wildman–Crippen LogP) is 0.404. The van der Waals surface area contributed by atoms with Gasteiger partial charge in [-0.2, -0.15) is 0 Å². The second-order valence-electron chi connectivity index (χ2n) is 2.88. The first-order valence-corrected chi connectivity index (χ1v) is 3.99. The SMILES string of the molecule is C[C@H](O)[C@H](O)c1cc([N+](=O)[O-])ccn1. The van der Waals surface area contributed by atoms with Crippen LogP contribution in [0.3, 0.4) is 0 Å². The molecule has 0 saturated carbocycles. The number of nitro groups is 1. The fourth-order valence-electron chi connectivity index (χ4n) is 0.959. The Balaban J connectivity index is 2.99. The zero-order valence-electron chi connectivity index (χ0n) is 7.49. The minimum Gasteiger partial charge on any atom is -0.390 e. The third kappa shape index (κ3) is 2.24. The van der Waals surface area contributed by atoms with Crippen molar-refractivity contribution in [2.45, 2.75) is 19.1 Å². The van der Waals surface area contributed by atoms with E-state index in [0.717, 1.165) is 6.07 Å². The highest BCUT2D eigenvalue weighted by Crippen LogP contribution is 2.18. The Labute approximate surface area is 80.0 Å². The molecule has 0 saturated heterocycles. The van der Waals surface area contributed by atoms with Crippen LogP contribution in [0, 0.1) is 10.1 Å². The Bertz CT molecular complexity index is 340. The van der Waals surface area contributed by atoms with E-state index in [9.17, 15) is 15.2 Å². The second kappa shape index (κ2) is 4.12. The van der Waals surface area contributed by atoms with E-state index in [1.807, 2.05) is 0 Å². The molecule has 1 heterocycles. The lowest BCUT2D eigenvalue weighted by atomic mass is 10.1. The average molecular weight is 198 g/mol. The van der Waals surface area contributed by atoms with Crippen LogP contribution in [-0.2, 0) is 0 Å². The number of pyridine rings is 1. The fraction of sp³-hybridized carbons (Fsp3) is 0.375. The van der Waals surface area contributed by atoms with Gasteiger partial charge in [-0.1, -0.05) is 0 Å². The largest absolute Gasteiger partial charge is 0.390 e. The first-order chi connectivity index (χ1) is 6.52. The highest BCUT2D eigenvalue weighted by Gasteiger charge is 2.17. The quantitative estimate of drug-likeness (QED) is 0.541. The van der Waals surface area contributed by atoms with Gasteiger partial charge in [-0.25, -0.2) is 0 Å². The lowest BCUT2D eigenvalue weighted by molar-refractivity contribution is -0.385. The van der Waals surface area contributed by atoms with Crippen LogP contribution >= 0.6 is 0 Å². The molecule has 0 unspecified atom stereocenters. The van der Waals surface area contributed by atoms with E-state index in [4.69, 9.17) is 5.11 Å². The zero-order chi connectivity index (χ0) is 10.7. The maximum Gasteiger partial charge on any atom is 0.272 e. The van der Waals surface area contributed by atoms with Crippen molar-refractivity contribution in [3.63, 3.8) is 0 Å². The van der Waals surface area contributed by atoms with Crippen LogP contribution in [-0.4, -0.2) is 26.2 Å². The number of nitrogens with zero attached hydrogens (tertiary/aromatic N) is 2. The maximum atomic E-state index is 10.4. The van der Waals surface area contributed by atoms with Gasteiger partial charge in [0.25, 0.3) is 5.69 Å². The summed E-state index contributed by atoms with van der Waals surface area (Å²) >= 11 is 0. The number of aromatic nitrogens is 1. The molecule has 14 heavy (non-hydrogen) atoms. The molecule has 1 aromatic heterocycles. The summed E-state index contributed by atoms with van der Waals surface area (Å²) in [7, 11) is 0. The van der Waals surface area contributed by atoms with Gasteiger partial charge < -0.3 is 10.2 Å². The third-order valence-corrected chi connectivity index (χ3v) is 1.74. The van der Waals surface area contributed by atoms with E-state index in [1.54, 1.807) is 0 Å². The molecule has 1 aromatic rings. The monoisotopic (exact) mass is 198 g/mol. The summed E-state index contributed by atoms with van der Waals surface area (Å²) in [4.78, 5) is 13.5. The molecule has 1 rings (SSSR count). The Kier molecular flexibility index (Phi) is 3.10. The van der Waals surface area contributed by atoms with Crippen LogP contribution in [0.15, 0.2) is 18.3 Å². The predicted molar refractivity (Wildman–Crippen MR) is 47.5 cm³/mol. The van der Waals surface area contributed by atoms with E-state index in [1.165, 1.54) is 19.2 Å². The van der Waals surface area contributed by atoms with E-state index >= 15 is 0 Å². The highest BCUT2D eigenvalue weighted by molar-refractivity contribution is 5.30. The van der Waals surface area contributed by atoms with Crippen LogP contribution in [0.1, 0.15) is 18.7 Å². The standard InChI is InChI=1S/C8H10N2O4/c1-5(11)8(12)7-4-6(10(13)14)2-3-9-7/h2-5,8,11-12H,1H3/t5-,8-/m0/s1. The molecule has 6 heteroatoms. The van der Waals surface area contributed by atoms with Crippen LogP contribution < -0.4 is 0 Å². The van der Waals surface area contributed by atoms with Gasteiger partial charge in [0.2, 0.25) is 0 Å². The molecular weight excluding hydrogens is 188 g/mol. The molecule has 0 fully saturated rings. The van der Waals surface area contributed by atoms with E-state index in [-0.39, 0.29) is 11.4 Å². The van der Waals surface area contributed by atoms with Gasteiger partial charge in [-0.15, -0.1) is 0 Å². The normalized spacial score (nSPS) is 14.8. The average Bonchev–Trinajstić information content (AvgIpc) is 2.16. The molecule has 6 nitrogen and oxygen atoms in total. The topological polar surface area (TPSA) is 96.5 Å². The number of rotatable bonds is 3.